The van der Waals surface area contributed by atoms with E-state index < -0.39 is 54.6 Å². The van der Waals surface area contributed by atoms with Gasteiger partial charge in [-0.05, 0) is 0 Å². The van der Waals surface area contributed by atoms with Gasteiger partial charge in [0, 0.05) is 27.7 Å². The number of hydrogen-bond donors (Lipinski definition) is 0. The molecular formula is C17H24O10. The number of rotatable bonds is 8. The lowest BCUT2D eigenvalue weighted by Crippen LogP contribution is -2.62. The van der Waals surface area contributed by atoms with Crippen molar-refractivity contribution in [2.45, 2.75) is 58.4 Å². The van der Waals surface area contributed by atoms with Gasteiger partial charge in [-0.3, -0.25) is 19.2 Å². The molecule has 0 N–H and O–H groups in total. The van der Waals surface area contributed by atoms with Crippen LogP contribution in [0.2, 0.25) is 0 Å². The van der Waals surface area contributed by atoms with Crippen molar-refractivity contribution in [1.29, 1.82) is 0 Å². The Labute approximate surface area is 156 Å². The van der Waals surface area contributed by atoms with Gasteiger partial charge in [0.1, 0.15) is 12.7 Å². The molecule has 1 saturated heterocycles. The summed E-state index contributed by atoms with van der Waals surface area (Å²) < 4.78 is 31.7. The molecule has 0 aromatic rings. The molecule has 0 radical (unpaired) electrons. The van der Waals surface area contributed by atoms with Gasteiger partial charge in [-0.15, -0.1) is 6.58 Å². The van der Waals surface area contributed by atoms with Gasteiger partial charge in [-0.1, -0.05) is 6.08 Å². The Morgan fingerprint density at radius 2 is 1.37 bits per heavy atom. The molecule has 152 valence electrons. The highest BCUT2D eigenvalue weighted by atomic mass is 16.7. The number of esters is 4. The van der Waals surface area contributed by atoms with Crippen LogP contribution in [0.3, 0.4) is 0 Å². The van der Waals surface area contributed by atoms with E-state index in [9.17, 15) is 19.2 Å². The summed E-state index contributed by atoms with van der Waals surface area (Å²) in [6, 6.07) is 0. The summed E-state index contributed by atoms with van der Waals surface area (Å²) in [5.41, 5.74) is 0. The summed E-state index contributed by atoms with van der Waals surface area (Å²) in [6.07, 6.45) is -4.41. The molecular weight excluding hydrogens is 364 g/mol. The van der Waals surface area contributed by atoms with Gasteiger partial charge in [0.25, 0.3) is 0 Å². The topological polar surface area (TPSA) is 124 Å². The second-order valence-corrected chi connectivity index (χ2v) is 5.69. The van der Waals surface area contributed by atoms with Crippen LogP contribution in [0, 0.1) is 0 Å². The standard InChI is InChI=1S/C17H24O10/c1-6-7-22-17-16(26-12(5)21)15(25-11(4)20)14(24-10(3)19)13(27-17)8-23-9(2)18/h6,13-17H,1,7-8H2,2-5H3/t13?,14-,15?,16?,17-/m1/s1. The summed E-state index contributed by atoms with van der Waals surface area (Å²) in [5.74, 6) is -2.67. The maximum Gasteiger partial charge on any atom is 0.303 e. The maximum absolute atomic E-state index is 11.6. The van der Waals surface area contributed by atoms with Crippen molar-refractivity contribution in [3.63, 3.8) is 0 Å². The Hall–Kier alpha value is -2.46. The molecule has 1 fully saturated rings. The second-order valence-electron chi connectivity index (χ2n) is 5.69. The van der Waals surface area contributed by atoms with E-state index >= 15 is 0 Å². The van der Waals surface area contributed by atoms with Gasteiger partial charge in [-0.2, -0.15) is 0 Å². The smallest absolute Gasteiger partial charge is 0.303 e. The van der Waals surface area contributed by atoms with E-state index in [1.165, 1.54) is 13.0 Å². The second kappa shape index (κ2) is 10.6. The SMILES string of the molecule is C=CCO[C@@H]1OC(COC(C)=O)[C@@H](OC(C)=O)C(OC(C)=O)C1OC(C)=O. The minimum Gasteiger partial charge on any atom is -0.463 e. The summed E-state index contributed by atoms with van der Waals surface area (Å²) in [6.45, 7) is 7.90. The summed E-state index contributed by atoms with van der Waals surface area (Å²) in [7, 11) is 0. The lowest BCUT2D eigenvalue weighted by molar-refractivity contribution is -0.305. The molecule has 0 spiro atoms. The van der Waals surface area contributed by atoms with Crippen LogP contribution in [0.1, 0.15) is 27.7 Å². The van der Waals surface area contributed by atoms with Gasteiger partial charge in [0.2, 0.25) is 0 Å². The molecule has 0 saturated carbocycles. The van der Waals surface area contributed by atoms with Gasteiger partial charge >= 0.3 is 23.9 Å². The molecule has 1 heterocycles. The fourth-order valence-corrected chi connectivity index (χ4v) is 2.49. The minimum absolute atomic E-state index is 0.0355. The summed E-state index contributed by atoms with van der Waals surface area (Å²) >= 11 is 0. The van der Waals surface area contributed by atoms with Crippen LogP contribution in [0.15, 0.2) is 12.7 Å². The number of carbonyl (C=O) groups is 4. The van der Waals surface area contributed by atoms with Gasteiger partial charge in [0.15, 0.2) is 24.6 Å². The number of hydrogen-bond acceptors (Lipinski definition) is 10. The molecule has 1 aliphatic rings. The lowest BCUT2D eigenvalue weighted by Gasteiger charge is -2.43. The van der Waals surface area contributed by atoms with Crippen molar-refractivity contribution in [1.82, 2.24) is 0 Å². The Morgan fingerprint density at radius 3 is 1.85 bits per heavy atom. The quantitative estimate of drug-likeness (QED) is 0.325. The fourth-order valence-electron chi connectivity index (χ4n) is 2.49. The highest BCUT2D eigenvalue weighted by molar-refractivity contribution is 5.68. The van der Waals surface area contributed by atoms with Gasteiger partial charge in [-0.25, -0.2) is 0 Å². The zero-order valence-electron chi connectivity index (χ0n) is 15.7. The van der Waals surface area contributed by atoms with Crippen LogP contribution in [-0.4, -0.2) is 67.8 Å². The fraction of sp³-hybridized carbons (Fsp3) is 0.647. The average molecular weight is 388 g/mol. The summed E-state index contributed by atoms with van der Waals surface area (Å²) in [4.78, 5) is 45.8. The van der Waals surface area contributed by atoms with Crippen LogP contribution >= 0.6 is 0 Å². The Balaban J connectivity index is 3.24. The van der Waals surface area contributed by atoms with Crippen LogP contribution in [0.25, 0.3) is 0 Å². The van der Waals surface area contributed by atoms with E-state index in [1.807, 2.05) is 0 Å². The van der Waals surface area contributed by atoms with E-state index in [2.05, 4.69) is 6.58 Å². The van der Waals surface area contributed by atoms with Crippen molar-refractivity contribution in [2.75, 3.05) is 13.2 Å². The van der Waals surface area contributed by atoms with Crippen molar-refractivity contribution < 1.29 is 47.6 Å². The van der Waals surface area contributed by atoms with Gasteiger partial charge in [0.05, 0.1) is 6.61 Å². The monoisotopic (exact) mass is 388 g/mol. The molecule has 0 aromatic heterocycles. The third-order valence-electron chi connectivity index (χ3n) is 3.33. The lowest BCUT2D eigenvalue weighted by atomic mass is 9.98. The highest BCUT2D eigenvalue weighted by Gasteiger charge is 2.52. The van der Waals surface area contributed by atoms with Crippen molar-refractivity contribution >= 4 is 23.9 Å². The molecule has 10 heteroatoms. The zero-order valence-corrected chi connectivity index (χ0v) is 15.7. The van der Waals surface area contributed by atoms with E-state index in [0.717, 1.165) is 20.8 Å². The van der Waals surface area contributed by atoms with Crippen molar-refractivity contribution in [3.8, 4) is 0 Å². The largest absolute Gasteiger partial charge is 0.463 e. The predicted octanol–water partition coefficient (Wildman–Crippen LogP) is 0.272. The first-order chi connectivity index (χ1) is 12.6. The molecule has 5 atom stereocenters. The number of carbonyl (C=O) groups excluding carboxylic acids is 4. The average Bonchev–Trinajstić information content (AvgIpc) is 2.54. The Morgan fingerprint density at radius 1 is 0.852 bits per heavy atom. The van der Waals surface area contributed by atoms with E-state index in [-0.39, 0.29) is 13.2 Å². The highest BCUT2D eigenvalue weighted by Crippen LogP contribution is 2.29. The molecule has 0 amide bonds. The molecule has 0 aromatic carbocycles. The third-order valence-corrected chi connectivity index (χ3v) is 3.33. The first-order valence-electron chi connectivity index (χ1n) is 8.18. The molecule has 0 aliphatic carbocycles. The Bertz CT molecular complexity index is 572. The normalized spacial score (nSPS) is 27.2. The maximum atomic E-state index is 11.6. The summed E-state index contributed by atoms with van der Waals surface area (Å²) in [5, 5.41) is 0. The van der Waals surface area contributed by atoms with E-state index in [1.54, 1.807) is 0 Å². The number of ether oxygens (including phenoxy) is 6. The van der Waals surface area contributed by atoms with E-state index in [4.69, 9.17) is 28.4 Å². The van der Waals surface area contributed by atoms with Gasteiger partial charge < -0.3 is 28.4 Å². The van der Waals surface area contributed by atoms with E-state index in [0.29, 0.717) is 0 Å². The molecule has 10 nitrogen and oxygen atoms in total. The Kier molecular flexibility index (Phi) is 8.89. The van der Waals surface area contributed by atoms with Crippen molar-refractivity contribution in [2.24, 2.45) is 0 Å². The zero-order chi connectivity index (χ0) is 20.6. The molecule has 1 aliphatic heterocycles. The first-order valence-corrected chi connectivity index (χ1v) is 8.18. The predicted molar refractivity (Wildman–Crippen MR) is 88.1 cm³/mol. The van der Waals surface area contributed by atoms with Crippen molar-refractivity contribution in [3.05, 3.63) is 12.7 Å². The molecule has 0 bridgehead atoms. The van der Waals surface area contributed by atoms with Crippen LogP contribution in [0.4, 0.5) is 0 Å². The van der Waals surface area contributed by atoms with Crippen LogP contribution in [-0.2, 0) is 47.6 Å². The molecule has 3 unspecified atom stereocenters. The third kappa shape index (κ3) is 7.35. The van der Waals surface area contributed by atoms with Crippen LogP contribution < -0.4 is 0 Å². The van der Waals surface area contributed by atoms with Crippen LogP contribution in [0.5, 0.6) is 0 Å². The minimum atomic E-state index is -1.24. The molecule has 27 heavy (non-hydrogen) atoms. The molecule has 1 rings (SSSR count). The first kappa shape index (κ1) is 22.6.